The van der Waals surface area contributed by atoms with Gasteiger partial charge < -0.3 is 25.2 Å². The molecule has 74 valence electrons. The van der Waals surface area contributed by atoms with Gasteiger partial charge >= 0.3 is 0 Å². The van der Waals surface area contributed by atoms with E-state index in [4.69, 9.17) is 14.9 Å². The Hall–Kier alpha value is -1.11. The highest BCUT2D eigenvalue weighted by Gasteiger charge is 2.49. The van der Waals surface area contributed by atoms with E-state index in [2.05, 4.69) is 0 Å². The van der Waals surface area contributed by atoms with Crippen molar-refractivity contribution in [3.8, 4) is 0 Å². The molecule has 0 spiro atoms. The summed E-state index contributed by atoms with van der Waals surface area (Å²) < 4.78 is 4.71. The van der Waals surface area contributed by atoms with E-state index in [-0.39, 0.29) is 12.9 Å². The zero-order valence-corrected chi connectivity index (χ0v) is 6.67. The average Bonchev–Trinajstić information content (AvgIpc) is 2.44. The molecule has 0 saturated carbocycles. The standard InChI is InChI=1S/C7H10O6/c8-1-5(11)7(3-9)6(12)4(10)2-13-7/h3,5,8,10-12H,1-2H2/t5-,7?/m1/s1. The first-order valence-electron chi connectivity index (χ1n) is 3.59. The lowest BCUT2D eigenvalue weighted by Crippen LogP contribution is -2.48. The molecular weight excluding hydrogens is 180 g/mol. The summed E-state index contributed by atoms with van der Waals surface area (Å²) in [6.07, 6.45) is -1.44. The molecule has 0 saturated heterocycles. The maximum absolute atomic E-state index is 10.6. The van der Waals surface area contributed by atoms with Crippen LogP contribution in [0.3, 0.4) is 0 Å². The molecule has 0 aromatic heterocycles. The maximum Gasteiger partial charge on any atom is 0.211 e. The summed E-state index contributed by atoms with van der Waals surface area (Å²) in [5, 5.41) is 35.9. The molecule has 2 atom stereocenters. The first-order valence-corrected chi connectivity index (χ1v) is 3.59. The van der Waals surface area contributed by atoms with Crippen LogP contribution < -0.4 is 0 Å². The van der Waals surface area contributed by atoms with Crippen molar-refractivity contribution < 1.29 is 30.0 Å². The van der Waals surface area contributed by atoms with Gasteiger partial charge in [0.15, 0.2) is 17.8 Å². The third-order valence-corrected chi connectivity index (χ3v) is 1.93. The number of hydrogen-bond donors (Lipinski definition) is 4. The number of aliphatic hydroxyl groups excluding tert-OH is 4. The number of ether oxygens (including phenoxy) is 1. The molecule has 6 nitrogen and oxygen atoms in total. The number of aldehydes is 1. The number of rotatable bonds is 3. The van der Waals surface area contributed by atoms with Gasteiger partial charge in [-0.3, -0.25) is 4.79 Å². The summed E-state index contributed by atoms with van der Waals surface area (Å²) in [6, 6.07) is 0. The van der Waals surface area contributed by atoms with Gasteiger partial charge in [-0.05, 0) is 0 Å². The molecule has 1 rings (SSSR count). The highest BCUT2D eigenvalue weighted by atomic mass is 16.6. The van der Waals surface area contributed by atoms with E-state index >= 15 is 0 Å². The molecule has 0 radical (unpaired) electrons. The van der Waals surface area contributed by atoms with Gasteiger partial charge in [-0.1, -0.05) is 0 Å². The van der Waals surface area contributed by atoms with Crippen LogP contribution in [0.4, 0.5) is 0 Å². The van der Waals surface area contributed by atoms with Gasteiger partial charge in [0, 0.05) is 0 Å². The molecule has 0 amide bonds. The molecule has 0 aromatic carbocycles. The number of carbonyl (C=O) groups is 1. The normalized spacial score (nSPS) is 30.6. The number of aliphatic hydroxyl groups is 4. The minimum atomic E-state index is -2.02. The van der Waals surface area contributed by atoms with Crippen LogP contribution in [0.1, 0.15) is 0 Å². The lowest BCUT2D eigenvalue weighted by atomic mass is 9.97. The van der Waals surface area contributed by atoms with Gasteiger partial charge in [0.2, 0.25) is 5.60 Å². The summed E-state index contributed by atoms with van der Waals surface area (Å²) in [5.74, 6) is -1.26. The first kappa shape index (κ1) is 9.97. The fraction of sp³-hybridized carbons (Fsp3) is 0.571. The molecule has 6 heteroatoms. The summed E-state index contributed by atoms with van der Waals surface area (Å²) >= 11 is 0. The van der Waals surface area contributed by atoms with Gasteiger partial charge in [-0.2, -0.15) is 0 Å². The van der Waals surface area contributed by atoms with Crippen LogP contribution in [0.2, 0.25) is 0 Å². The molecule has 1 aliphatic rings. The second-order valence-electron chi connectivity index (χ2n) is 2.69. The predicted octanol–water partition coefficient (Wildman–Crippen LogP) is -1.36. The molecule has 1 aliphatic heterocycles. The smallest absolute Gasteiger partial charge is 0.211 e. The first-order chi connectivity index (χ1) is 6.08. The molecule has 1 unspecified atom stereocenters. The topological polar surface area (TPSA) is 107 Å². The summed E-state index contributed by atoms with van der Waals surface area (Å²) in [7, 11) is 0. The van der Waals surface area contributed by atoms with Crippen molar-refractivity contribution in [3.05, 3.63) is 11.5 Å². The van der Waals surface area contributed by atoms with Crippen molar-refractivity contribution >= 4 is 6.29 Å². The molecule has 4 N–H and O–H groups in total. The largest absolute Gasteiger partial charge is 0.506 e. The van der Waals surface area contributed by atoms with Crippen LogP contribution in [0.15, 0.2) is 11.5 Å². The van der Waals surface area contributed by atoms with E-state index in [0.717, 1.165) is 0 Å². The summed E-state index contributed by atoms with van der Waals surface area (Å²) in [5.41, 5.74) is -2.02. The van der Waals surface area contributed by atoms with E-state index in [1.54, 1.807) is 0 Å². The Balaban J connectivity index is 3.02. The monoisotopic (exact) mass is 190 g/mol. The van der Waals surface area contributed by atoms with Gasteiger partial charge in [0.25, 0.3) is 0 Å². The molecule has 0 bridgehead atoms. The highest BCUT2D eigenvalue weighted by Crippen LogP contribution is 2.30. The Morgan fingerprint density at radius 1 is 1.62 bits per heavy atom. The average molecular weight is 190 g/mol. The van der Waals surface area contributed by atoms with E-state index < -0.39 is 29.8 Å². The minimum Gasteiger partial charge on any atom is -0.506 e. The van der Waals surface area contributed by atoms with E-state index in [0.29, 0.717) is 0 Å². The van der Waals surface area contributed by atoms with E-state index in [1.807, 2.05) is 0 Å². The fourth-order valence-electron chi connectivity index (χ4n) is 1.11. The molecular formula is C7H10O6. The molecule has 13 heavy (non-hydrogen) atoms. The number of carbonyl (C=O) groups excluding carboxylic acids is 1. The van der Waals surface area contributed by atoms with Crippen LogP contribution in [-0.4, -0.2) is 51.6 Å². The predicted molar refractivity (Wildman–Crippen MR) is 40.1 cm³/mol. The van der Waals surface area contributed by atoms with Crippen LogP contribution in [0.25, 0.3) is 0 Å². The molecule has 0 aliphatic carbocycles. The molecule has 1 heterocycles. The van der Waals surface area contributed by atoms with Gasteiger partial charge in [0.1, 0.15) is 12.7 Å². The second kappa shape index (κ2) is 3.33. The van der Waals surface area contributed by atoms with Crippen LogP contribution in [-0.2, 0) is 9.53 Å². The van der Waals surface area contributed by atoms with Crippen molar-refractivity contribution in [3.63, 3.8) is 0 Å². The minimum absolute atomic E-state index is 0.145. The summed E-state index contributed by atoms with van der Waals surface area (Å²) in [4.78, 5) is 10.6. The maximum atomic E-state index is 10.6. The Morgan fingerprint density at radius 3 is 2.54 bits per heavy atom. The van der Waals surface area contributed by atoms with Crippen LogP contribution in [0, 0.1) is 0 Å². The second-order valence-corrected chi connectivity index (χ2v) is 2.69. The fourth-order valence-corrected chi connectivity index (χ4v) is 1.11. The van der Waals surface area contributed by atoms with Crippen LogP contribution >= 0.6 is 0 Å². The van der Waals surface area contributed by atoms with Gasteiger partial charge in [-0.25, -0.2) is 0 Å². The zero-order chi connectivity index (χ0) is 10.1. The molecule has 0 fully saturated rings. The Kier molecular flexibility index (Phi) is 2.55. The van der Waals surface area contributed by atoms with Crippen molar-refractivity contribution in [2.75, 3.05) is 13.2 Å². The quantitative estimate of drug-likeness (QED) is 0.409. The van der Waals surface area contributed by atoms with Crippen molar-refractivity contribution in [2.45, 2.75) is 11.7 Å². The molecule has 0 aromatic rings. The number of hydrogen-bond acceptors (Lipinski definition) is 6. The highest BCUT2D eigenvalue weighted by molar-refractivity contribution is 5.70. The van der Waals surface area contributed by atoms with Gasteiger partial charge in [0.05, 0.1) is 6.61 Å². The van der Waals surface area contributed by atoms with E-state index in [1.165, 1.54) is 0 Å². The van der Waals surface area contributed by atoms with Crippen molar-refractivity contribution in [1.82, 2.24) is 0 Å². The lowest BCUT2D eigenvalue weighted by Gasteiger charge is -2.25. The van der Waals surface area contributed by atoms with Crippen molar-refractivity contribution in [1.29, 1.82) is 0 Å². The van der Waals surface area contributed by atoms with Gasteiger partial charge in [-0.15, -0.1) is 0 Å². The Labute approximate surface area is 73.7 Å². The van der Waals surface area contributed by atoms with Crippen LogP contribution in [0.5, 0.6) is 0 Å². The summed E-state index contributed by atoms with van der Waals surface area (Å²) in [6.45, 7) is -1.11. The van der Waals surface area contributed by atoms with E-state index in [9.17, 15) is 15.0 Å². The third-order valence-electron chi connectivity index (χ3n) is 1.93. The zero-order valence-electron chi connectivity index (χ0n) is 6.67. The third kappa shape index (κ3) is 1.28. The SMILES string of the molecule is O=CC1([C@H](O)CO)OCC(O)=C1O. The lowest BCUT2D eigenvalue weighted by molar-refractivity contribution is -0.144. The Morgan fingerprint density at radius 2 is 2.23 bits per heavy atom. The van der Waals surface area contributed by atoms with Crippen molar-refractivity contribution in [2.24, 2.45) is 0 Å². The Bertz CT molecular complexity index is 247.